The van der Waals surface area contributed by atoms with Crippen molar-refractivity contribution in [1.82, 2.24) is 19.7 Å². The van der Waals surface area contributed by atoms with Gasteiger partial charge in [0, 0.05) is 22.6 Å². The van der Waals surface area contributed by atoms with Crippen molar-refractivity contribution < 1.29 is 4.74 Å². The minimum absolute atomic E-state index is 0.147. The topological polar surface area (TPSA) is 52.8 Å². The molecular weight excluding hydrogens is 332 g/mol. The van der Waals surface area contributed by atoms with E-state index in [9.17, 15) is 0 Å². The molecule has 3 aromatic heterocycles. The second-order valence-corrected chi connectivity index (χ2v) is 8.00. The van der Waals surface area contributed by atoms with E-state index in [0.29, 0.717) is 17.7 Å². The first-order valence-corrected chi connectivity index (χ1v) is 8.69. The van der Waals surface area contributed by atoms with Gasteiger partial charge in [-0.3, -0.25) is 0 Å². The number of aromatic nitrogens is 4. The van der Waals surface area contributed by atoms with Gasteiger partial charge >= 0.3 is 0 Å². The molecule has 0 atom stereocenters. The summed E-state index contributed by atoms with van der Waals surface area (Å²) in [6.07, 6.45) is 0.870. The fourth-order valence-corrected chi connectivity index (χ4v) is 4.70. The van der Waals surface area contributed by atoms with Crippen molar-refractivity contribution in [3.8, 4) is 5.95 Å². The van der Waals surface area contributed by atoms with Crippen LogP contribution in [0, 0.1) is 13.8 Å². The Morgan fingerprint density at radius 3 is 2.78 bits per heavy atom. The Morgan fingerprint density at radius 1 is 1.30 bits per heavy atom. The molecule has 4 heterocycles. The number of thiophene rings is 1. The standard InChI is InChI=1S/C16H17ClN4OS/c1-8-5-9(2)21(20-8)15-18-13(17)12-10-7-22-16(3,4)6-11(10)23-14(12)19-15/h5H,6-7H2,1-4H3. The Bertz CT molecular complexity index is 928. The lowest BCUT2D eigenvalue weighted by molar-refractivity contribution is -0.0382. The lowest BCUT2D eigenvalue weighted by atomic mass is 9.98. The van der Waals surface area contributed by atoms with Gasteiger partial charge in [-0.15, -0.1) is 11.3 Å². The molecule has 0 aromatic carbocycles. The van der Waals surface area contributed by atoms with E-state index in [1.54, 1.807) is 16.0 Å². The molecule has 0 aliphatic carbocycles. The van der Waals surface area contributed by atoms with Gasteiger partial charge in [0.1, 0.15) is 9.98 Å². The number of hydrogen-bond donors (Lipinski definition) is 0. The summed E-state index contributed by atoms with van der Waals surface area (Å²) in [5, 5.41) is 5.84. The first-order chi connectivity index (χ1) is 10.8. The summed E-state index contributed by atoms with van der Waals surface area (Å²) in [7, 11) is 0. The molecule has 0 saturated heterocycles. The van der Waals surface area contributed by atoms with E-state index < -0.39 is 0 Å². The lowest BCUT2D eigenvalue weighted by Crippen LogP contribution is -2.30. The fourth-order valence-electron chi connectivity index (χ4n) is 2.98. The molecule has 0 unspecified atom stereocenters. The molecular formula is C16H17ClN4OS. The maximum Gasteiger partial charge on any atom is 0.253 e. The smallest absolute Gasteiger partial charge is 0.253 e. The van der Waals surface area contributed by atoms with E-state index in [1.807, 2.05) is 19.9 Å². The first-order valence-electron chi connectivity index (χ1n) is 7.49. The molecule has 3 aromatic rings. The van der Waals surface area contributed by atoms with Crippen LogP contribution in [0.5, 0.6) is 0 Å². The molecule has 0 N–H and O–H groups in total. The van der Waals surface area contributed by atoms with Crippen LogP contribution in [0.1, 0.15) is 35.7 Å². The van der Waals surface area contributed by atoms with Crippen molar-refractivity contribution >= 4 is 33.2 Å². The van der Waals surface area contributed by atoms with Gasteiger partial charge in [-0.1, -0.05) is 11.6 Å². The molecule has 0 radical (unpaired) electrons. The Kier molecular flexibility index (Phi) is 3.27. The molecule has 0 spiro atoms. The number of nitrogens with zero attached hydrogens (tertiary/aromatic N) is 4. The normalized spacial score (nSPS) is 16.7. The third-order valence-electron chi connectivity index (χ3n) is 4.07. The Balaban J connectivity index is 1.91. The van der Waals surface area contributed by atoms with Crippen LogP contribution in [-0.2, 0) is 17.8 Å². The van der Waals surface area contributed by atoms with Crippen LogP contribution in [0.4, 0.5) is 0 Å². The molecule has 1 aliphatic heterocycles. The van der Waals surface area contributed by atoms with Crippen molar-refractivity contribution in [2.24, 2.45) is 0 Å². The summed E-state index contributed by atoms with van der Waals surface area (Å²) in [5.41, 5.74) is 2.91. The Labute approximate surface area is 143 Å². The summed E-state index contributed by atoms with van der Waals surface area (Å²) in [5.74, 6) is 0.520. The molecule has 0 fully saturated rings. The van der Waals surface area contributed by atoms with Crippen molar-refractivity contribution in [2.75, 3.05) is 0 Å². The van der Waals surface area contributed by atoms with Gasteiger partial charge in [-0.25, -0.2) is 4.68 Å². The van der Waals surface area contributed by atoms with Gasteiger partial charge in [0.15, 0.2) is 0 Å². The number of hydrogen-bond acceptors (Lipinski definition) is 5. The van der Waals surface area contributed by atoms with Crippen LogP contribution in [-0.4, -0.2) is 25.3 Å². The summed E-state index contributed by atoms with van der Waals surface area (Å²) in [6.45, 7) is 8.71. The minimum Gasteiger partial charge on any atom is -0.370 e. The van der Waals surface area contributed by atoms with Crippen molar-refractivity contribution in [1.29, 1.82) is 0 Å². The number of aryl methyl sites for hydroxylation is 2. The van der Waals surface area contributed by atoms with Crippen molar-refractivity contribution in [3.05, 3.63) is 33.0 Å². The summed E-state index contributed by atoms with van der Waals surface area (Å²) in [4.78, 5) is 11.4. The monoisotopic (exact) mass is 348 g/mol. The van der Waals surface area contributed by atoms with Crippen LogP contribution < -0.4 is 0 Å². The average molecular weight is 349 g/mol. The fraction of sp³-hybridized carbons (Fsp3) is 0.438. The largest absolute Gasteiger partial charge is 0.370 e. The van der Waals surface area contributed by atoms with E-state index in [0.717, 1.165) is 33.6 Å². The Hall–Kier alpha value is -1.50. The minimum atomic E-state index is -0.147. The average Bonchev–Trinajstić information content (AvgIpc) is 2.96. The van der Waals surface area contributed by atoms with E-state index in [1.165, 1.54) is 4.88 Å². The zero-order valence-electron chi connectivity index (χ0n) is 13.5. The molecule has 5 nitrogen and oxygen atoms in total. The van der Waals surface area contributed by atoms with Gasteiger partial charge in [-0.05, 0) is 33.8 Å². The zero-order chi connectivity index (χ0) is 16.4. The second-order valence-electron chi connectivity index (χ2n) is 6.56. The molecule has 23 heavy (non-hydrogen) atoms. The predicted octanol–water partition coefficient (Wildman–Crippen LogP) is 4.00. The van der Waals surface area contributed by atoms with Crippen LogP contribution in [0.2, 0.25) is 5.15 Å². The number of halogens is 1. The van der Waals surface area contributed by atoms with Crippen LogP contribution in [0.3, 0.4) is 0 Å². The highest BCUT2D eigenvalue weighted by molar-refractivity contribution is 7.19. The molecule has 0 bridgehead atoms. The van der Waals surface area contributed by atoms with Crippen LogP contribution in [0.15, 0.2) is 6.07 Å². The van der Waals surface area contributed by atoms with Crippen LogP contribution in [0.25, 0.3) is 16.2 Å². The van der Waals surface area contributed by atoms with Crippen molar-refractivity contribution in [3.63, 3.8) is 0 Å². The predicted molar refractivity (Wildman–Crippen MR) is 91.6 cm³/mol. The summed E-state index contributed by atoms with van der Waals surface area (Å²) in [6, 6.07) is 2.00. The Morgan fingerprint density at radius 2 is 2.09 bits per heavy atom. The highest BCUT2D eigenvalue weighted by Gasteiger charge is 2.30. The van der Waals surface area contributed by atoms with Crippen molar-refractivity contribution in [2.45, 2.75) is 46.3 Å². The zero-order valence-corrected chi connectivity index (χ0v) is 15.0. The van der Waals surface area contributed by atoms with Gasteiger partial charge in [0.2, 0.25) is 0 Å². The maximum atomic E-state index is 6.48. The maximum absolute atomic E-state index is 6.48. The van der Waals surface area contributed by atoms with Gasteiger partial charge in [0.05, 0.1) is 23.3 Å². The third kappa shape index (κ3) is 2.45. The highest BCUT2D eigenvalue weighted by Crippen LogP contribution is 2.40. The van der Waals surface area contributed by atoms with Crippen LogP contribution >= 0.6 is 22.9 Å². The summed E-state index contributed by atoms with van der Waals surface area (Å²) < 4.78 is 7.66. The molecule has 4 rings (SSSR count). The number of fused-ring (bicyclic) bond motifs is 3. The van der Waals surface area contributed by atoms with Gasteiger partial charge in [-0.2, -0.15) is 15.1 Å². The molecule has 0 amide bonds. The molecule has 120 valence electrons. The molecule has 1 aliphatic rings. The van der Waals surface area contributed by atoms with Gasteiger partial charge < -0.3 is 4.74 Å². The third-order valence-corrected chi connectivity index (χ3v) is 5.47. The van der Waals surface area contributed by atoms with E-state index >= 15 is 0 Å². The number of rotatable bonds is 1. The van der Waals surface area contributed by atoms with Gasteiger partial charge in [0.25, 0.3) is 5.95 Å². The molecule has 7 heteroatoms. The SMILES string of the molecule is Cc1cc(C)n(-c2nc(Cl)c3c4c(sc3n2)CC(C)(C)OC4)n1. The first kappa shape index (κ1) is 15.1. The van der Waals surface area contributed by atoms with E-state index in [2.05, 4.69) is 23.9 Å². The van der Waals surface area contributed by atoms with E-state index in [-0.39, 0.29) is 5.60 Å². The highest BCUT2D eigenvalue weighted by atomic mass is 35.5. The quantitative estimate of drug-likeness (QED) is 0.624. The number of ether oxygens (including phenoxy) is 1. The van der Waals surface area contributed by atoms with E-state index in [4.69, 9.17) is 21.3 Å². The molecule has 0 saturated carbocycles. The lowest BCUT2D eigenvalue weighted by Gasteiger charge is -2.29. The summed E-state index contributed by atoms with van der Waals surface area (Å²) >= 11 is 8.16. The second kappa shape index (κ2) is 5.00.